The third-order valence-corrected chi connectivity index (χ3v) is 1.99. The minimum absolute atomic E-state index is 0. The molecular formula is C9H13Cl2N. The molecule has 0 amide bonds. The molecule has 0 aromatic heterocycles. The Kier molecular flexibility index (Phi) is 4.61. The molecule has 0 unspecified atom stereocenters. The van der Waals surface area contributed by atoms with E-state index in [2.05, 4.69) is 13.8 Å². The summed E-state index contributed by atoms with van der Waals surface area (Å²) in [5.41, 5.74) is 1.18. The predicted molar refractivity (Wildman–Crippen MR) is 55.6 cm³/mol. The van der Waals surface area contributed by atoms with Crippen molar-refractivity contribution in [2.24, 2.45) is 0 Å². The summed E-state index contributed by atoms with van der Waals surface area (Å²) in [6.45, 7) is 4.23. The SMILES string of the molecule is CC(C)c1cc(Cl)cc(Cl)c1.N. The maximum absolute atomic E-state index is 5.81. The summed E-state index contributed by atoms with van der Waals surface area (Å²) in [6, 6.07) is 5.63. The second kappa shape index (κ2) is 4.70. The zero-order valence-electron chi connectivity index (χ0n) is 7.27. The molecule has 1 nitrogen and oxygen atoms in total. The fraction of sp³-hybridized carbons (Fsp3) is 0.333. The minimum atomic E-state index is 0. The van der Waals surface area contributed by atoms with Gasteiger partial charge in [0.2, 0.25) is 0 Å². The lowest BCUT2D eigenvalue weighted by atomic mass is 10.0. The first-order chi connectivity index (χ1) is 5.09. The van der Waals surface area contributed by atoms with E-state index in [-0.39, 0.29) is 6.15 Å². The third kappa shape index (κ3) is 3.02. The number of rotatable bonds is 1. The van der Waals surface area contributed by atoms with Crippen LogP contribution < -0.4 is 6.15 Å². The molecule has 12 heavy (non-hydrogen) atoms. The molecule has 0 saturated carbocycles. The van der Waals surface area contributed by atoms with Crippen LogP contribution in [0.1, 0.15) is 25.3 Å². The highest BCUT2D eigenvalue weighted by molar-refractivity contribution is 6.34. The summed E-state index contributed by atoms with van der Waals surface area (Å²) in [5, 5.41) is 1.42. The van der Waals surface area contributed by atoms with Crippen LogP contribution in [0, 0.1) is 0 Å². The van der Waals surface area contributed by atoms with Gasteiger partial charge >= 0.3 is 0 Å². The Balaban J connectivity index is 0.00000121. The van der Waals surface area contributed by atoms with Crippen LogP contribution in [0.25, 0.3) is 0 Å². The second-order valence-corrected chi connectivity index (χ2v) is 3.73. The molecule has 0 heterocycles. The Morgan fingerprint density at radius 3 is 1.75 bits per heavy atom. The van der Waals surface area contributed by atoms with Gasteiger partial charge in [-0.2, -0.15) is 0 Å². The zero-order chi connectivity index (χ0) is 8.43. The maximum Gasteiger partial charge on any atom is 0.0423 e. The van der Waals surface area contributed by atoms with Crippen LogP contribution in [-0.4, -0.2) is 0 Å². The Labute approximate surface area is 83.3 Å². The Bertz CT molecular complexity index is 238. The van der Waals surface area contributed by atoms with Gasteiger partial charge in [-0.25, -0.2) is 0 Å². The van der Waals surface area contributed by atoms with Gasteiger partial charge in [0.25, 0.3) is 0 Å². The number of benzene rings is 1. The maximum atomic E-state index is 5.81. The lowest BCUT2D eigenvalue weighted by Gasteiger charge is -2.05. The summed E-state index contributed by atoms with van der Waals surface area (Å²) in [5.74, 6) is 0.478. The molecule has 1 aromatic carbocycles. The van der Waals surface area contributed by atoms with Crippen molar-refractivity contribution in [3.05, 3.63) is 33.8 Å². The summed E-state index contributed by atoms with van der Waals surface area (Å²) >= 11 is 11.6. The first kappa shape index (κ1) is 11.8. The van der Waals surface area contributed by atoms with Crippen molar-refractivity contribution in [2.75, 3.05) is 0 Å². The van der Waals surface area contributed by atoms with Gasteiger partial charge < -0.3 is 6.15 Å². The molecule has 0 atom stereocenters. The van der Waals surface area contributed by atoms with Crippen molar-refractivity contribution in [1.29, 1.82) is 0 Å². The molecule has 0 saturated heterocycles. The molecule has 3 N–H and O–H groups in total. The number of hydrogen-bond donors (Lipinski definition) is 1. The molecule has 0 radical (unpaired) electrons. The molecule has 0 aliphatic rings. The molecule has 0 fully saturated rings. The van der Waals surface area contributed by atoms with E-state index < -0.39 is 0 Å². The van der Waals surface area contributed by atoms with E-state index in [4.69, 9.17) is 23.2 Å². The van der Waals surface area contributed by atoms with E-state index in [0.29, 0.717) is 16.0 Å². The molecule has 0 aliphatic carbocycles. The lowest BCUT2D eigenvalue weighted by molar-refractivity contribution is 0.867. The highest BCUT2D eigenvalue weighted by atomic mass is 35.5. The van der Waals surface area contributed by atoms with E-state index in [1.54, 1.807) is 6.07 Å². The minimum Gasteiger partial charge on any atom is -0.344 e. The lowest BCUT2D eigenvalue weighted by Crippen LogP contribution is -1.86. The molecule has 1 rings (SSSR count). The molecule has 0 spiro atoms. The summed E-state index contributed by atoms with van der Waals surface area (Å²) in [7, 11) is 0. The largest absolute Gasteiger partial charge is 0.344 e. The molecule has 68 valence electrons. The van der Waals surface area contributed by atoms with Crippen LogP contribution >= 0.6 is 23.2 Å². The smallest absolute Gasteiger partial charge is 0.0423 e. The molecule has 0 aliphatic heterocycles. The highest BCUT2D eigenvalue weighted by Crippen LogP contribution is 2.23. The van der Waals surface area contributed by atoms with Crippen LogP contribution in [0.2, 0.25) is 10.0 Å². The Morgan fingerprint density at radius 1 is 1.00 bits per heavy atom. The first-order valence-electron chi connectivity index (χ1n) is 3.55. The monoisotopic (exact) mass is 205 g/mol. The van der Waals surface area contributed by atoms with Gasteiger partial charge in [-0.15, -0.1) is 0 Å². The molecular weight excluding hydrogens is 193 g/mol. The van der Waals surface area contributed by atoms with Crippen LogP contribution in [0.5, 0.6) is 0 Å². The van der Waals surface area contributed by atoms with Crippen LogP contribution in [0.15, 0.2) is 18.2 Å². The van der Waals surface area contributed by atoms with Gasteiger partial charge in [0.15, 0.2) is 0 Å². The Hall–Kier alpha value is -0.240. The van der Waals surface area contributed by atoms with E-state index in [1.807, 2.05) is 12.1 Å². The quantitative estimate of drug-likeness (QED) is 0.731. The van der Waals surface area contributed by atoms with Crippen LogP contribution in [-0.2, 0) is 0 Å². The first-order valence-corrected chi connectivity index (χ1v) is 4.31. The van der Waals surface area contributed by atoms with E-state index in [9.17, 15) is 0 Å². The molecule has 3 heteroatoms. The summed E-state index contributed by atoms with van der Waals surface area (Å²) in [6.07, 6.45) is 0. The van der Waals surface area contributed by atoms with E-state index in [0.717, 1.165) is 0 Å². The van der Waals surface area contributed by atoms with Gasteiger partial charge in [-0.1, -0.05) is 37.0 Å². The highest BCUT2D eigenvalue weighted by Gasteiger charge is 2.01. The van der Waals surface area contributed by atoms with Crippen molar-refractivity contribution >= 4 is 23.2 Å². The molecule has 0 bridgehead atoms. The average Bonchev–Trinajstić information content (AvgIpc) is 1.85. The third-order valence-electron chi connectivity index (χ3n) is 1.55. The van der Waals surface area contributed by atoms with Crippen LogP contribution in [0.4, 0.5) is 0 Å². The van der Waals surface area contributed by atoms with E-state index in [1.165, 1.54) is 5.56 Å². The van der Waals surface area contributed by atoms with Crippen molar-refractivity contribution < 1.29 is 0 Å². The van der Waals surface area contributed by atoms with E-state index >= 15 is 0 Å². The van der Waals surface area contributed by atoms with Crippen molar-refractivity contribution in [1.82, 2.24) is 6.15 Å². The van der Waals surface area contributed by atoms with Crippen molar-refractivity contribution in [2.45, 2.75) is 19.8 Å². The fourth-order valence-corrected chi connectivity index (χ4v) is 1.45. The summed E-state index contributed by atoms with van der Waals surface area (Å²) in [4.78, 5) is 0. The standard InChI is InChI=1S/C9H10Cl2.H3N/c1-6(2)7-3-8(10)5-9(11)4-7;/h3-6H,1-2H3;1H3. The zero-order valence-corrected chi connectivity index (χ0v) is 8.78. The number of halogens is 2. The summed E-state index contributed by atoms with van der Waals surface area (Å²) < 4.78 is 0. The van der Waals surface area contributed by atoms with Crippen LogP contribution in [0.3, 0.4) is 0 Å². The molecule has 1 aromatic rings. The van der Waals surface area contributed by atoms with Crippen molar-refractivity contribution in [3.63, 3.8) is 0 Å². The van der Waals surface area contributed by atoms with Gasteiger partial charge in [-0.3, -0.25) is 0 Å². The fourth-order valence-electron chi connectivity index (χ4n) is 0.908. The van der Waals surface area contributed by atoms with Gasteiger partial charge in [0, 0.05) is 10.0 Å². The normalized spacial score (nSPS) is 9.75. The van der Waals surface area contributed by atoms with Crippen molar-refractivity contribution in [3.8, 4) is 0 Å². The Morgan fingerprint density at radius 2 is 1.42 bits per heavy atom. The van der Waals surface area contributed by atoms with Gasteiger partial charge in [0.05, 0.1) is 0 Å². The van der Waals surface area contributed by atoms with Gasteiger partial charge in [0.1, 0.15) is 0 Å². The average molecular weight is 206 g/mol. The second-order valence-electron chi connectivity index (χ2n) is 2.86. The van der Waals surface area contributed by atoms with Gasteiger partial charge in [-0.05, 0) is 29.7 Å². The number of hydrogen-bond acceptors (Lipinski definition) is 1. The predicted octanol–water partition coefficient (Wildman–Crippen LogP) is 4.28. The topological polar surface area (TPSA) is 35.0 Å².